The molecular weight excluding hydrogens is 204 g/mol. The molecule has 4 heteroatoms. The Morgan fingerprint density at radius 2 is 2.19 bits per heavy atom. The number of para-hydroxylation sites is 1. The summed E-state index contributed by atoms with van der Waals surface area (Å²) in [5.74, 6) is 0.0295. The van der Waals surface area contributed by atoms with E-state index in [0.717, 1.165) is 11.3 Å². The van der Waals surface area contributed by atoms with Crippen molar-refractivity contribution in [3.8, 4) is 0 Å². The predicted octanol–water partition coefficient (Wildman–Crippen LogP) is 0.674. The van der Waals surface area contributed by atoms with Crippen molar-refractivity contribution >= 4 is 11.6 Å². The molecule has 0 saturated carbocycles. The van der Waals surface area contributed by atoms with Gasteiger partial charge in [-0.3, -0.25) is 10.1 Å². The van der Waals surface area contributed by atoms with Crippen molar-refractivity contribution in [1.29, 1.82) is 0 Å². The summed E-state index contributed by atoms with van der Waals surface area (Å²) in [5.41, 5.74) is 1.92. The maximum atomic E-state index is 12.0. The number of rotatable bonds is 3. The molecule has 0 radical (unpaired) electrons. The van der Waals surface area contributed by atoms with Gasteiger partial charge in [0.15, 0.2) is 0 Å². The highest BCUT2D eigenvalue weighted by atomic mass is 16.3. The molecule has 0 aliphatic carbocycles. The van der Waals surface area contributed by atoms with Crippen LogP contribution in [0.4, 0.5) is 5.69 Å². The van der Waals surface area contributed by atoms with E-state index in [-0.39, 0.29) is 11.9 Å². The first-order valence-electron chi connectivity index (χ1n) is 5.39. The molecule has 1 aliphatic rings. The van der Waals surface area contributed by atoms with E-state index in [0.29, 0.717) is 6.54 Å². The zero-order valence-electron chi connectivity index (χ0n) is 9.47. The third-order valence-corrected chi connectivity index (χ3v) is 2.80. The van der Waals surface area contributed by atoms with Gasteiger partial charge >= 0.3 is 0 Å². The van der Waals surface area contributed by atoms with Crippen molar-refractivity contribution in [2.45, 2.75) is 19.1 Å². The van der Waals surface area contributed by atoms with Crippen molar-refractivity contribution in [1.82, 2.24) is 5.32 Å². The monoisotopic (exact) mass is 220 g/mol. The second kappa shape index (κ2) is 4.23. The standard InChI is InChI=1S/C12H16N2O2/c1-8(15)7-13-11-9-5-3-4-6-10(9)14(2)12(11)16/h3-6,8,11,13,15H,7H2,1-2H3. The van der Waals surface area contributed by atoms with Crippen LogP contribution < -0.4 is 10.2 Å². The third-order valence-electron chi connectivity index (χ3n) is 2.80. The quantitative estimate of drug-likeness (QED) is 0.787. The first kappa shape index (κ1) is 11.1. The second-order valence-corrected chi connectivity index (χ2v) is 4.15. The summed E-state index contributed by atoms with van der Waals surface area (Å²) in [5, 5.41) is 12.3. The first-order valence-corrected chi connectivity index (χ1v) is 5.39. The topological polar surface area (TPSA) is 52.6 Å². The fourth-order valence-electron chi connectivity index (χ4n) is 1.97. The number of anilines is 1. The fourth-order valence-corrected chi connectivity index (χ4v) is 1.97. The predicted molar refractivity (Wildman–Crippen MR) is 62.3 cm³/mol. The van der Waals surface area contributed by atoms with Crippen LogP contribution >= 0.6 is 0 Å². The number of benzene rings is 1. The van der Waals surface area contributed by atoms with Crippen molar-refractivity contribution in [3.05, 3.63) is 29.8 Å². The Morgan fingerprint density at radius 1 is 1.50 bits per heavy atom. The lowest BCUT2D eigenvalue weighted by molar-refractivity contribution is -0.119. The normalized spacial score (nSPS) is 21.1. The number of carbonyl (C=O) groups excluding carboxylic acids is 1. The molecule has 0 aromatic heterocycles. The molecule has 2 N–H and O–H groups in total. The van der Waals surface area contributed by atoms with E-state index < -0.39 is 6.10 Å². The summed E-state index contributed by atoms with van der Waals surface area (Å²) in [6.07, 6.45) is -0.453. The molecule has 1 aromatic rings. The third kappa shape index (κ3) is 1.81. The highest BCUT2D eigenvalue weighted by Crippen LogP contribution is 2.34. The molecule has 2 unspecified atom stereocenters. The molecule has 0 spiro atoms. The van der Waals surface area contributed by atoms with E-state index in [9.17, 15) is 9.90 Å². The fraction of sp³-hybridized carbons (Fsp3) is 0.417. The maximum Gasteiger partial charge on any atom is 0.248 e. The number of aliphatic hydroxyl groups is 1. The molecule has 0 bridgehead atoms. The number of carbonyl (C=O) groups is 1. The molecule has 0 saturated heterocycles. The molecule has 1 amide bonds. The van der Waals surface area contributed by atoms with Gasteiger partial charge in [-0.05, 0) is 13.0 Å². The molecule has 86 valence electrons. The summed E-state index contributed by atoms with van der Waals surface area (Å²) in [7, 11) is 1.77. The van der Waals surface area contributed by atoms with Crippen LogP contribution in [0.25, 0.3) is 0 Å². The Bertz CT molecular complexity index is 404. The zero-order valence-corrected chi connectivity index (χ0v) is 9.47. The molecular formula is C12H16N2O2. The van der Waals surface area contributed by atoms with Crippen LogP contribution in [0.1, 0.15) is 18.5 Å². The van der Waals surface area contributed by atoms with Gasteiger partial charge < -0.3 is 10.0 Å². The molecule has 2 rings (SSSR count). The lowest BCUT2D eigenvalue weighted by atomic mass is 10.1. The van der Waals surface area contributed by atoms with Gasteiger partial charge in [0.1, 0.15) is 6.04 Å². The van der Waals surface area contributed by atoms with Gasteiger partial charge in [-0.25, -0.2) is 0 Å². The van der Waals surface area contributed by atoms with Gasteiger partial charge in [-0.2, -0.15) is 0 Å². The Hall–Kier alpha value is -1.39. The van der Waals surface area contributed by atoms with E-state index in [1.54, 1.807) is 18.9 Å². The van der Waals surface area contributed by atoms with Crippen LogP contribution in [0.5, 0.6) is 0 Å². The summed E-state index contributed by atoms with van der Waals surface area (Å²) in [6, 6.07) is 7.38. The zero-order chi connectivity index (χ0) is 11.7. The Balaban J connectivity index is 2.23. The van der Waals surface area contributed by atoms with Crippen molar-refractivity contribution in [3.63, 3.8) is 0 Å². The number of hydrogen-bond donors (Lipinski definition) is 2. The van der Waals surface area contributed by atoms with Crippen LogP contribution in [0.2, 0.25) is 0 Å². The van der Waals surface area contributed by atoms with Gasteiger partial charge in [0, 0.05) is 24.8 Å². The summed E-state index contributed by atoms with van der Waals surface area (Å²) < 4.78 is 0. The highest BCUT2D eigenvalue weighted by Gasteiger charge is 2.34. The molecule has 2 atom stereocenters. The number of amides is 1. The van der Waals surface area contributed by atoms with E-state index in [2.05, 4.69) is 5.32 Å². The molecule has 1 heterocycles. The van der Waals surface area contributed by atoms with Gasteiger partial charge in [-0.1, -0.05) is 18.2 Å². The van der Waals surface area contributed by atoms with Crippen molar-refractivity contribution < 1.29 is 9.90 Å². The molecule has 1 aromatic carbocycles. The van der Waals surface area contributed by atoms with E-state index in [4.69, 9.17) is 0 Å². The molecule has 0 fully saturated rings. The van der Waals surface area contributed by atoms with Gasteiger partial charge in [-0.15, -0.1) is 0 Å². The summed E-state index contributed by atoms with van der Waals surface area (Å²) in [6.45, 7) is 2.11. The van der Waals surface area contributed by atoms with Gasteiger partial charge in [0.2, 0.25) is 5.91 Å². The average Bonchev–Trinajstić information content (AvgIpc) is 2.50. The van der Waals surface area contributed by atoms with Crippen molar-refractivity contribution in [2.24, 2.45) is 0 Å². The first-order chi connectivity index (χ1) is 7.61. The SMILES string of the molecule is CC(O)CNC1C(=O)N(C)c2ccccc21. The number of nitrogens with one attached hydrogen (secondary N) is 1. The Morgan fingerprint density at radius 3 is 2.88 bits per heavy atom. The molecule has 1 aliphatic heterocycles. The number of hydrogen-bond acceptors (Lipinski definition) is 3. The maximum absolute atomic E-state index is 12.0. The van der Waals surface area contributed by atoms with Crippen LogP contribution in [0.15, 0.2) is 24.3 Å². The molecule has 16 heavy (non-hydrogen) atoms. The largest absolute Gasteiger partial charge is 0.392 e. The van der Waals surface area contributed by atoms with Crippen LogP contribution in [0, 0.1) is 0 Å². The van der Waals surface area contributed by atoms with Crippen LogP contribution in [0.3, 0.4) is 0 Å². The Kier molecular flexibility index (Phi) is 2.94. The smallest absolute Gasteiger partial charge is 0.248 e. The van der Waals surface area contributed by atoms with Crippen LogP contribution in [-0.2, 0) is 4.79 Å². The lowest BCUT2D eigenvalue weighted by Crippen LogP contribution is -2.35. The van der Waals surface area contributed by atoms with E-state index >= 15 is 0 Å². The number of nitrogens with zero attached hydrogens (tertiary/aromatic N) is 1. The van der Waals surface area contributed by atoms with Gasteiger partial charge in [0.25, 0.3) is 0 Å². The van der Waals surface area contributed by atoms with Gasteiger partial charge in [0.05, 0.1) is 6.10 Å². The summed E-state index contributed by atoms with van der Waals surface area (Å²) >= 11 is 0. The highest BCUT2D eigenvalue weighted by molar-refractivity contribution is 6.04. The Labute approximate surface area is 94.9 Å². The van der Waals surface area contributed by atoms with Crippen molar-refractivity contribution in [2.75, 3.05) is 18.5 Å². The average molecular weight is 220 g/mol. The lowest BCUT2D eigenvalue weighted by Gasteiger charge is -2.13. The number of aliphatic hydroxyl groups excluding tert-OH is 1. The minimum Gasteiger partial charge on any atom is -0.392 e. The minimum absolute atomic E-state index is 0.0295. The molecule has 4 nitrogen and oxygen atoms in total. The van der Waals surface area contributed by atoms with E-state index in [1.165, 1.54) is 0 Å². The number of likely N-dealkylation sites (N-methyl/N-ethyl adjacent to an activating group) is 1. The summed E-state index contributed by atoms with van der Waals surface area (Å²) in [4.78, 5) is 13.6. The van der Waals surface area contributed by atoms with Crippen LogP contribution in [-0.4, -0.2) is 30.7 Å². The minimum atomic E-state index is -0.453. The van der Waals surface area contributed by atoms with E-state index in [1.807, 2.05) is 24.3 Å². The number of fused-ring (bicyclic) bond motifs is 1. The second-order valence-electron chi connectivity index (χ2n) is 4.15.